The summed E-state index contributed by atoms with van der Waals surface area (Å²) < 4.78 is 22.6. The molecule has 6 aliphatic rings. The van der Waals surface area contributed by atoms with Crippen molar-refractivity contribution in [3.05, 3.63) is 206 Å². The maximum absolute atomic E-state index is 7.04. The molecule has 2 unspecified atom stereocenters. The third-order valence-electron chi connectivity index (χ3n) is 14.7. The molecule has 0 fully saturated rings. The second-order valence-corrected chi connectivity index (χ2v) is 28.8. The van der Waals surface area contributed by atoms with Crippen molar-refractivity contribution < 1.29 is 9.47 Å². The van der Waals surface area contributed by atoms with E-state index in [1.54, 1.807) is 0 Å². The number of hydrogen-bond donors (Lipinski definition) is 0. The molecule has 0 amide bonds. The molecule has 6 aliphatic heterocycles. The van der Waals surface area contributed by atoms with Crippen molar-refractivity contribution in [1.82, 2.24) is 0 Å². The number of para-hydroxylation sites is 4. The van der Waals surface area contributed by atoms with Crippen molar-refractivity contribution in [2.45, 2.75) is 0 Å². The van der Waals surface area contributed by atoms with Crippen molar-refractivity contribution in [1.29, 1.82) is 0 Å². The van der Waals surface area contributed by atoms with Crippen LogP contribution in [0.5, 0.6) is 23.0 Å². The Morgan fingerprint density at radius 1 is 0.273 bits per heavy atom. The summed E-state index contributed by atoms with van der Waals surface area (Å²) in [6.45, 7) is 0. The van der Waals surface area contributed by atoms with E-state index < -0.39 is 28.7 Å². The summed E-state index contributed by atoms with van der Waals surface area (Å²) in [6.07, 6.45) is 0. The summed E-state index contributed by atoms with van der Waals surface area (Å²) >= 11 is -5.98. The van der Waals surface area contributed by atoms with E-state index in [2.05, 4.69) is 226 Å². The summed E-state index contributed by atoms with van der Waals surface area (Å²) in [6, 6.07) is 76.2. The average Bonchev–Trinajstić information content (AvgIpc) is 3.37. The van der Waals surface area contributed by atoms with Gasteiger partial charge in [-0.2, -0.15) is 0 Å². The van der Waals surface area contributed by atoms with Gasteiger partial charge in [0.25, 0.3) is 0 Å². The van der Waals surface area contributed by atoms with Crippen LogP contribution < -0.4 is 55.4 Å². The molecule has 6 heterocycles. The van der Waals surface area contributed by atoms with Crippen LogP contribution in [0.3, 0.4) is 0 Å². The molecule has 308 valence electrons. The molecule has 8 heteroatoms. The van der Waals surface area contributed by atoms with Gasteiger partial charge in [-0.3, -0.25) is 0 Å². The normalized spacial score (nSPS) is 16.6. The molecule has 0 radical (unpaired) electrons. The van der Waals surface area contributed by atoms with E-state index in [1.165, 1.54) is 82.6 Å². The van der Waals surface area contributed by atoms with E-state index in [-0.39, 0.29) is 0 Å². The molecule has 10 aromatic rings. The van der Waals surface area contributed by atoms with Gasteiger partial charge in [-0.25, -0.2) is 0 Å². The minimum absolute atomic E-state index is 0.993. The summed E-state index contributed by atoms with van der Waals surface area (Å²) in [5, 5.41) is 2.51. The topological polar surface area (TPSA) is 31.4 Å². The van der Waals surface area contributed by atoms with Gasteiger partial charge in [-0.05, 0) is 0 Å². The zero-order valence-electron chi connectivity index (χ0n) is 35.4. The Hall–Kier alpha value is -7.65. The SMILES string of the molecule is c1ccc(N2c3cccc4[c]3[GeH]3[c]5c(cccc5N(c5ccccc5)c5[c]3c2cc2cc3[c]6c(c52)N(c2ccccc2)c2cccc5[c]2[GeH]6[c]2c(cccc2N3c2ccccc2)O5)O4)cc1. The van der Waals surface area contributed by atoms with Gasteiger partial charge in [0.15, 0.2) is 0 Å². The van der Waals surface area contributed by atoms with Crippen molar-refractivity contribution in [2.24, 2.45) is 0 Å². The molecule has 10 aromatic carbocycles. The molecule has 6 nitrogen and oxygen atoms in total. The molecule has 2 atom stereocenters. The number of fused-ring (bicyclic) bond motifs is 3. The molecule has 66 heavy (non-hydrogen) atoms. The molecule has 0 spiro atoms. The van der Waals surface area contributed by atoms with E-state index in [0.717, 1.165) is 45.7 Å². The molecule has 0 saturated carbocycles. The first-order valence-electron chi connectivity index (χ1n) is 22.8. The van der Waals surface area contributed by atoms with Crippen molar-refractivity contribution in [2.75, 3.05) is 19.6 Å². The fraction of sp³-hybridized carbons (Fsp3) is 0. The van der Waals surface area contributed by atoms with Crippen LogP contribution in [0, 0.1) is 0 Å². The summed E-state index contributed by atoms with van der Waals surface area (Å²) in [5.41, 5.74) is 14.6. The van der Waals surface area contributed by atoms with E-state index in [4.69, 9.17) is 9.47 Å². The van der Waals surface area contributed by atoms with Crippen LogP contribution in [0.15, 0.2) is 206 Å². The van der Waals surface area contributed by atoms with Gasteiger partial charge in [0, 0.05) is 0 Å². The number of rotatable bonds is 4. The van der Waals surface area contributed by atoms with Crippen LogP contribution in [0.25, 0.3) is 10.8 Å². The van der Waals surface area contributed by atoms with Crippen molar-refractivity contribution in [3.8, 4) is 23.0 Å². The Balaban J connectivity index is 1.15. The fourth-order valence-corrected chi connectivity index (χ4v) is 28.5. The first-order chi connectivity index (χ1) is 32.8. The van der Waals surface area contributed by atoms with Crippen LogP contribution in [-0.2, 0) is 0 Å². The molecule has 0 aromatic heterocycles. The van der Waals surface area contributed by atoms with Gasteiger partial charge in [-0.15, -0.1) is 0 Å². The quantitative estimate of drug-likeness (QED) is 0.163. The Kier molecular flexibility index (Phi) is 7.02. The molecule has 0 saturated heterocycles. The van der Waals surface area contributed by atoms with Crippen LogP contribution in [0.1, 0.15) is 0 Å². The predicted molar refractivity (Wildman–Crippen MR) is 275 cm³/mol. The van der Waals surface area contributed by atoms with Crippen LogP contribution in [0.2, 0.25) is 0 Å². The first kappa shape index (κ1) is 35.7. The number of benzene rings is 10. The second-order valence-electron chi connectivity index (χ2n) is 17.9. The van der Waals surface area contributed by atoms with Crippen LogP contribution in [0.4, 0.5) is 68.2 Å². The van der Waals surface area contributed by atoms with E-state index in [1.807, 2.05) is 0 Å². The molecule has 0 N–H and O–H groups in total. The molecular formula is C58H36Ge2N4O2. The average molecular weight is 966 g/mol. The zero-order chi connectivity index (χ0) is 42.8. The third kappa shape index (κ3) is 4.48. The van der Waals surface area contributed by atoms with Gasteiger partial charge in [0.05, 0.1) is 0 Å². The standard InChI is InChI=1S/C58H36Ge2N4O2/c1-5-17-36(18-6-1)61-40-25-13-29-46-51(40)59-53-42(27-15-31-48(53)65-46)63(38-21-9-3-10-22-38)57-50-35(33-44(61)55(57)59)34-45-56-58(50)64(39-23-11-4-12-24-39)43-28-16-32-49-54(43)60(56)52-41(26-14-30-47(52)66-49)62(45)37-19-7-2-8-20-37/h1-34,59-60H. The van der Waals surface area contributed by atoms with Crippen molar-refractivity contribution >= 4 is 134 Å². The molecule has 16 rings (SSSR count). The Bertz CT molecular complexity index is 3480. The summed E-state index contributed by atoms with van der Waals surface area (Å²) in [4.78, 5) is 10.3. The fourth-order valence-electron chi connectivity index (χ4n) is 12.4. The zero-order valence-corrected chi connectivity index (χ0v) is 40.2. The van der Waals surface area contributed by atoms with Gasteiger partial charge in [-0.1, -0.05) is 0 Å². The van der Waals surface area contributed by atoms with Crippen LogP contribution >= 0.6 is 0 Å². The molecule has 0 bridgehead atoms. The van der Waals surface area contributed by atoms with Crippen molar-refractivity contribution in [3.63, 3.8) is 0 Å². The monoisotopic (exact) mass is 968 g/mol. The Morgan fingerprint density at radius 3 is 0.909 bits per heavy atom. The summed E-state index contributed by atoms with van der Waals surface area (Å²) in [5.74, 6) is 3.97. The maximum atomic E-state index is 7.04. The number of nitrogens with zero attached hydrogens (tertiary/aromatic N) is 4. The molecule has 0 aliphatic carbocycles. The first-order valence-corrected chi connectivity index (χ1v) is 30.0. The van der Waals surface area contributed by atoms with E-state index in [9.17, 15) is 0 Å². The van der Waals surface area contributed by atoms with Gasteiger partial charge >= 0.3 is 392 Å². The Labute approximate surface area is 390 Å². The number of anilines is 12. The molecular weight excluding hydrogens is 930 g/mol. The van der Waals surface area contributed by atoms with E-state index in [0.29, 0.717) is 0 Å². The van der Waals surface area contributed by atoms with Crippen LogP contribution in [-0.4, -0.2) is 28.7 Å². The summed E-state index contributed by atoms with van der Waals surface area (Å²) in [7, 11) is 0. The third-order valence-corrected chi connectivity index (χ3v) is 29.2. The van der Waals surface area contributed by atoms with E-state index >= 15 is 0 Å². The second kappa shape index (κ2) is 13.0. The minimum atomic E-state index is -2.99. The van der Waals surface area contributed by atoms with Gasteiger partial charge in [0.1, 0.15) is 0 Å². The number of ether oxygens (including phenoxy) is 2. The Morgan fingerprint density at radius 2 is 0.576 bits per heavy atom. The van der Waals surface area contributed by atoms with Gasteiger partial charge in [0.2, 0.25) is 0 Å². The van der Waals surface area contributed by atoms with Gasteiger partial charge < -0.3 is 0 Å². The predicted octanol–water partition coefficient (Wildman–Crippen LogP) is 10.7. The number of hydrogen-bond acceptors (Lipinski definition) is 6.